The van der Waals surface area contributed by atoms with Crippen LogP contribution < -0.4 is 0 Å². The van der Waals surface area contributed by atoms with Crippen molar-refractivity contribution in [2.75, 3.05) is 0 Å². The summed E-state index contributed by atoms with van der Waals surface area (Å²) in [5.74, 6) is -2.30. The summed E-state index contributed by atoms with van der Waals surface area (Å²) in [4.78, 5) is 22.2. The molecule has 0 aromatic heterocycles. The fourth-order valence-electron chi connectivity index (χ4n) is 1.74. The number of carbonyl (C=O) groups excluding carboxylic acids is 1. The van der Waals surface area contributed by atoms with Gasteiger partial charge in [-0.3, -0.25) is 4.79 Å². The number of allylic oxidation sites excluding steroid dienone is 3. The van der Waals surface area contributed by atoms with Crippen molar-refractivity contribution in [2.24, 2.45) is 0 Å². The minimum Gasteiger partial charge on any atom is -0.502 e. The van der Waals surface area contributed by atoms with E-state index < -0.39 is 11.7 Å². The van der Waals surface area contributed by atoms with Crippen LogP contribution in [0.25, 0.3) is 0 Å². The molecule has 0 bridgehead atoms. The quantitative estimate of drug-likeness (QED) is 0.600. The monoisotopic (exact) mass is 230 g/mol. The predicted molar refractivity (Wildman–Crippen MR) is 60.9 cm³/mol. The molecule has 0 saturated heterocycles. The van der Waals surface area contributed by atoms with Crippen LogP contribution in [-0.4, -0.2) is 22.0 Å². The zero-order valence-corrected chi connectivity index (χ0v) is 8.88. The van der Waals surface area contributed by atoms with E-state index in [1.807, 2.05) is 12.1 Å². The summed E-state index contributed by atoms with van der Waals surface area (Å²) in [5, 5.41) is 17.5. The molecule has 17 heavy (non-hydrogen) atoms. The lowest BCUT2D eigenvalue weighted by molar-refractivity contribution is -0.135. The van der Waals surface area contributed by atoms with Gasteiger partial charge >= 0.3 is 5.97 Å². The first-order valence-electron chi connectivity index (χ1n) is 5.05. The zero-order valence-electron chi connectivity index (χ0n) is 8.88. The van der Waals surface area contributed by atoms with Gasteiger partial charge in [0.2, 0.25) is 5.76 Å². The van der Waals surface area contributed by atoms with E-state index in [0.717, 1.165) is 11.6 Å². The molecule has 1 aromatic carbocycles. The highest BCUT2D eigenvalue weighted by Gasteiger charge is 2.23. The minimum absolute atomic E-state index is 0.116. The molecular weight excluding hydrogens is 220 g/mol. The second-order valence-electron chi connectivity index (χ2n) is 3.71. The first-order valence-corrected chi connectivity index (χ1v) is 5.05. The van der Waals surface area contributed by atoms with Crippen molar-refractivity contribution in [3.05, 3.63) is 58.9 Å². The van der Waals surface area contributed by atoms with E-state index >= 15 is 0 Å². The van der Waals surface area contributed by atoms with Gasteiger partial charge in [0.1, 0.15) is 0 Å². The molecule has 1 aliphatic rings. The number of aliphatic carboxylic acids is 1. The zero-order chi connectivity index (χ0) is 12.4. The smallest absolute Gasteiger partial charge is 0.370 e. The number of fused-ring (bicyclic) bond motifs is 1. The number of benzene rings is 1. The number of rotatable bonds is 2. The molecule has 0 atom stereocenters. The molecule has 0 spiro atoms. The van der Waals surface area contributed by atoms with Gasteiger partial charge in [-0.15, -0.1) is 0 Å². The number of aliphatic hydroxyl groups is 1. The van der Waals surface area contributed by atoms with E-state index in [1.54, 1.807) is 12.1 Å². The highest BCUT2D eigenvalue weighted by Crippen LogP contribution is 2.25. The molecule has 1 aliphatic carbocycles. The SMILES string of the molecule is O=C(O)C(O)=CC=C1Cc2ccccc2C1=O. The Kier molecular flexibility index (Phi) is 2.78. The van der Waals surface area contributed by atoms with Crippen molar-refractivity contribution >= 4 is 11.8 Å². The topological polar surface area (TPSA) is 74.6 Å². The molecule has 0 heterocycles. The molecule has 0 saturated carbocycles. The van der Waals surface area contributed by atoms with E-state index in [1.165, 1.54) is 6.08 Å². The van der Waals surface area contributed by atoms with Gasteiger partial charge < -0.3 is 10.2 Å². The molecule has 0 unspecified atom stereocenters. The predicted octanol–water partition coefficient (Wildman–Crippen LogP) is 1.88. The van der Waals surface area contributed by atoms with Gasteiger partial charge in [-0.05, 0) is 11.6 Å². The molecule has 2 N–H and O–H groups in total. The van der Waals surface area contributed by atoms with Crippen LogP contribution in [-0.2, 0) is 11.2 Å². The second kappa shape index (κ2) is 4.25. The van der Waals surface area contributed by atoms with E-state index in [2.05, 4.69) is 0 Å². The standard InChI is InChI=1S/C13H10O4/c14-11(13(16)17)6-5-9-7-8-3-1-2-4-10(8)12(9)15/h1-6,14H,7H2,(H,16,17). The third-order valence-electron chi connectivity index (χ3n) is 2.60. The van der Waals surface area contributed by atoms with E-state index in [0.29, 0.717) is 17.6 Å². The van der Waals surface area contributed by atoms with Crippen LogP contribution in [0.4, 0.5) is 0 Å². The number of aliphatic hydroxyl groups excluding tert-OH is 1. The highest BCUT2D eigenvalue weighted by atomic mass is 16.4. The summed E-state index contributed by atoms with van der Waals surface area (Å²) in [6, 6.07) is 7.22. The summed E-state index contributed by atoms with van der Waals surface area (Å²) < 4.78 is 0. The molecule has 0 fully saturated rings. The lowest BCUT2D eigenvalue weighted by Crippen LogP contribution is -1.99. The number of carboxylic acids is 1. The van der Waals surface area contributed by atoms with E-state index in [-0.39, 0.29) is 5.78 Å². The van der Waals surface area contributed by atoms with Gasteiger partial charge in [0.15, 0.2) is 5.78 Å². The number of hydrogen-bond donors (Lipinski definition) is 2. The van der Waals surface area contributed by atoms with Crippen molar-refractivity contribution in [3.8, 4) is 0 Å². The Hall–Kier alpha value is -2.36. The third-order valence-corrected chi connectivity index (χ3v) is 2.60. The number of carbonyl (C=O) groups is 2. The van der Waals surface area contributed by atoms with Crippen LogP contribution in [0.3, 0.4) is 0 Å². The first-order chi connectivity index (χ1) is 8.09. The van der Waals surface area contributed by atoms with Gasteiger partial charge in [0.25, 0.3) is 0 Å². The molecule has 0 amide bonds. The fraction of sp³-hybridized carbons (Fsp3) is 0.0769. The molecule has 2 rings (SSSR count). The average Bonchev–Trinajstić information content (AvgIpc) is 2.64. The maximum absolute atomic E-state index is 11.9. The maximum Gasteiger partial charge on any atom is 0.370 e. The number of Topliss-reactive ketones (excluding diaryl/α,β-unsaturated/α-hetero) is 1. The van der Waals surface area contributed by atoms with Gasteiger partial charge in [-0.2, -0.15) is 0 Å². The number of carboxylic acid groups (broad SMARTS) is 1. The molecule has 0 aliphatic heterocycles. The van der Waals surface area contributed by atoms with Crippen LogP contribution in [0.15, 0.2) is 47.7 Å². The maximum atomic E-state index is 11.9. The summed E-state index contributed by atoms with van der Waals surface area (Å²) in [6.07, 6.45) is 2.85. The summed E-state index contributed by atoms with van der Waals surface area (Å²) in [5.41, 5.74) is 2.05. The summed E-state index contributed by atoms with van der Waals surface area (Å²) in [7, 11) is 0. The Bertz CT molecular complexity index is 552. The van der Waals surface area contributed by atoms with Gasteiger partial charge in [0.05, 0.1) is 0 Å². The number of ketones is 1. The normalized spacial score (nSPS) is 17.3. The Labute approximate surface area is 97.5 Å². The lowest BCUT2D eigenvalue weighted by Gasteiger charge is -1.92. The minimum atomic E-state index is -1.41. The third kappa shape index (κ3) is 2.10. The van der Waals surface area contributed by atoms with Crippen LogP contribution in [0, 0.1) is 0 Å². The second-order valence-corrected chi connectivity index (χ2v) is 3.71. The van der Waals surface area contributed by atoms with Gasteiger partial charge in [-0.25, -0.2) is 4.79 Å². The van der Waals surface area contributed by atoms with Crippen molar-refractivity contribution in [2.45, 2.75) is 6.42 Å². The lowest BCUT2D eigenvalue weighted by atomic mass is 10.1. The first kappa shape index (κ1) is 11.1. The molecule has 4 heteroatoms. The Morgan fingerprint density at radius 2 is 1.94 bits per heavy atom. The van der Waals surface area contributed by atoms with Crippen molar-refractivity contribution in [1.82, 2.24) is 0 Å². The highest BCUT2D eigenvalue weighted by molar-refractivity contribution is 6.13. The summed E-state index contributed by atoms with van der Waals surface area (Å²) >= 11 is 0. The fourth-order valence-corrected chi connectivity index (χ4v) is 1.74. The van der Waals surface area contributed by atoms with Crippen molar-refractivity contribution < 1.29 is 19.8 Å². The Morgan fingerprint density at radius 3 is 2.59 bits per heavy atom. The van der Waals surface area contributed by atoms with Crippen LogP contribution >= 0.6 is 0 Å². The largest absolute Gasteiger partial charge is 0.502 e. The number of hydrogen-bond acceptors (Lipinski definition) is 3. The van der Waals surface area contributed by atoms with Crippen molar-refractivity contribution in [3.63, 3.8) is 0 Å². The van der Waals surface area contributed by atoms with Crippen molar-refractivity contribution in [1.29, 1.82) is 0 Å². The van der Waals surface area contributed by atoms with Gasteiger partial charge in [-0.1, -0.05) is 30.3 Å². The average molecular weight is 230 g/mol. The Morgan fingerprint density at radius 1 is 1.24 bits per heavy atom. The molecule has 1 aromatic rings. The molecular formula is C13H10O4. The molecule has 0 radical (unpaired) electrons. The molecule has 86 valence electrons. The van der Waals surface area contributed by atoms with Crippen LogP contribution in [0.2, 0.25) is 0 Å². The molecule has 4 nitrogen and oxygen atoms in total. The van der Waals surface area contributed by atoms with Crippen LogP contribution in [0.1, 0.15) is 15.9 Å². The van der Waals surface area contributed by atoms with E-state index in [9.17, 15) is 9.59 Å². The summed E-state index contributed by atoms with van der Waals surface area (Å²) in [6.45, 7) is 0. The van der Waals surface area contributed by atoms with Gasteiger partial charge in [0, 0.05) is 17.6 Å². The van der Waals surface area contributed by atoms with E-state index in [4.69, 9.17) is 10.2 Å². The Balaban J connectivity index is 2.29. The van der Waals surface area contributed by atoms with Crippen LogP contribution in [0.5, 0.6) is 0 Å².